The highest BCUT2D eigenvalue weighted by Crippen LogP contribution is 2.41. The van der Waals surface area contributed by atoms with E-state index in [4.69, 9.17) is 14.5 Å². The zero-order valence-electron chi connectivity index (χ0n) is 22.3. The lowest BCUT2D eigenvalue weighted by Crippen LogP contribution is -2.28. The zero-order chi connectivity index (χ0) is 25.9. The van der Waals surface area contributed by atoms with Crippen molar-refractivity contribution in [3.05, 3.63) is 40.6 Å². The summed E-state index contributed by atoms with van der Waals surface area (Å²) in [6.07, 6.45) is 7.36. The van der Waals surface area contributed by atoms with Crippen molar-refractivity contribution in [2.75, 3.05) is 17.1 Å². The highest BCUT2D eigenvalue weighted by atomic mass is 32.2. The Morgan fingerprint density at radius 3 is 2.67 bits per heavy atom. The first-order valence-electron chi connectivity index (χ1n) is 13.2. The second kappa shape index (κ2) is 11.4. The Balaban J connectivity index is 1.75. The lowest BCUT2D eigenvalue weighted by Gasteiger charge is -2.29. The van der Waals surface area contributed by atoms with Crippen molar-refractivity contribution in [2.24, 2.45) is 5.92 Å². The fraction of sp³-hybridized carbons (Fsp3) is 0.586. The normalized spacial score (nSPS) is 17.2. The standard InChI is InChI=1S/C29H40N2O4S/c1-18-24(26(28(32)33)35-29(3,4)5)25(22-13-14-23-21(16-22)12-9-15-34-23)19(2)30-27(18)31-36-17-20-10-7-6-8-11-20/h13-14,16,20,26H,6-12,15,17H2,1-5H3,(H,30,31)(H,32,33). The van der Waals surface area contributed by atoms with Gasteiger partial charge in [-0.25, -0.2) is 9.78 Å². The number of benzene rings is 1. The van der Waals surface area contributed by atoms with E-state index in [9.17, 15) is 9.90 Å². The molecule has 1 aromatic carbocycles. The molecular weight excluding hydrogens is 472 g/mol. The molecule has 7 heteroatoms. The summed E-state index contributed by atoms with van der Waals surface area (Å²) in [7, 11) is 0. The Morgan fingerprint density at radius 1 is 1.22 bits per heavy atom. The fourth-order valence-electron chi connectivity index (χ4n) is 5.29. The number of hydrogen-bond donors (Lipinski definition) is 2. The fourth-order valence-corrected chi connectivity index (χ4v) is 6.28. The maximum atomic E-state index is 12.6. The molecule has 6 nitrogen and oxygen atoms in total. The summed E-state index contributed by atoms with van der Waals surface area (Å²) in [4.78, 5) is 17.5. The molecule has 2 N–H and O–H groups in total. The first kappa shape index (κ1) is 26.8. The minimum Gasteiger partial charge on any atom is -0.493 e. The van der Waals surface area contributed by atoms with Gasteiger partial charge in [0.1, 0.15) is 11.6 Å². The third-order valence-corrected chi connectivity index (χ3v) is 8.01. The quantitative estimate of drug-likeness (QED) is 0.360. The molecule has 1 fully saturated rings. The number of carboxylic acid groups (broad SMARTS) is 1. The van der Waals surface area contributed by atoms with Gasteiger partial charge in [0.25, 0.3) is 0 Å². The van der Waals surface area contributed by atoms with Crippen LogP contribution < -0.4 is 9.46 Å². The molecule has 36 heavy (non-hydrogen) atoms. The number of anilines is 1. The van der Waals surface area contributed by atoms with E-state index in [1.165, 1.54) is 32.1 Å². The van der Waals surface area contributed by atoms with Crippen LogP contribution in [0.25, 0.3) is 11.1 Å². The number of nitrogens with zero attached hydrogens (tertiary/aromatic N) is 1. The molecule has 1 saturated carbocycles. The van der Waals surface area contributed by atoms with E-state index in [2.05, 4.69) is 10.8 Å². The smallest absolute Gasteiger partial charge is 0.337 e. The number of fused-ring (bicyclic) bond motifs is 1. The van der Waals surface area contributed by atoms with Gasteiger partial charge in [-0.1, -0.05) is 37.3 Å². The lowest BCUT2D eigenvalue weighted by molar-refractivity contribution is -0.160. The number of aromatic nitrogens is 1. The van der Waals surface area contributed by atoms with Gasteiger partial charge in [-0.3, -0.25) is 0 Å². The second-order valence-electron chi connectivity index (χ2n) is 11.1. The molecule has 1 unspecified atom stereocenters. The van der Waals surface area contributed by atoms with E-state index in [1.54, 1.807) is 11.9 Å². The number of carboxylic acids is 1. The average molecular weight is 513 g/mol. The Kier molecular flexibility index (Phi) is 8.51. The van der Waals surface area contributed by atoms with Crippen LogP contribution in [-0.2, 0) is 16.0 Å². The summed E-state index contributed by atoms with van der Waals surface area (Å²) >= 11 is 1.68. The molecule has 196 valence electrons. The Morgan fingerprint density at radius 2 is 1.97 bits per heavy atom. The second-order valence-corrected chi connectivity index (χ2v) is 11.9. The summed E-state index contributed by atoms with van der Waals surface area (Å²) in [5.41, 5.74) is 4.58. The van der Waals surface area contributed by atoms with Crippen molar-refractivity contribution < 1.29 is 19.4 Å². The number of rotatable bonds is 8. The molecular formula is C29H40N2O4S. The summed E-state index contributed by atoms with van der Waals surface area (Å²) in [5, 5.41) is 10.3. The predicted octanol–water partition coefficient (Wildman–Crippen LogP) is 7.27. The molecule has 2 heterocycles. The summed E-state index contributed by atoms with van der Waals surface area (Å²) in [6, 6.07) is 6.13. The summed E-state index contributed by atoms with van der Waals surface area (Å²) < 4.78 is 15.4. The third kappa shape index (κ3) is 6.35. The molecule has 1 atom stereocenters. The van der Waals surface area contributed by atoms with Crippen molar-refractivity contribution in [1.29, 1.82) is 0 Å². The van der Waals surface area contributed by atoms with Gasteiger partial charge in [0.05, 0.1) is 12.2 Å². The van der Waals surface area contributed by atoms with E-state index >= 15 is 0 Å². The summed E-state index contributed by atoms with van der Waals surface area (Å²) in [6.45, 7) is 10.3. The number of hydrogen-bond acceptors (Lipinski definition) is 6. The average Bonchev–Trinajstić information content (AvgIpc) is 2.84. The Labute approximate surface area is 219 Å². The van der Waals surface area contributed by atoms with E-state index < -0.39 is 17.7 Å². The molecule has 2 aliphatic rings. The minimum atomic E-state index is -1.11. The zero-order valence-corrected chi connectivity index (χ0v) is 23.1. The highest BCUT2D eigenvalue weighted by molar-refractivity contribution is 8.00. The van der Waals surface area contributed by atoms with E-state index in [0.29, 0.717) is 5.56 Å². The van der Waals surface area contributed by atoms with Crippen molar-refractivity contribution in [3.63, 3.8) is 0 Å². The van der Waals surface area contributed by atoms with Gasteiger partial charge in [-0.2, -0.15) is 0 Å². The van der Waals surface area contributed by atoms with Crippen LogP contribution in [0.5, 0.6) is 5.75 Å². The molecule has 2 aromatic rings. The van der Waals surface area contributed by atoms with Crippen LogP contribution in [0.15, 0.2) is 18.2 Å². The van der Waals surface area contributed by atoms with Gasteiger partial charge < -0.3 is 19.3 Å². The number of ether oxygens (including phenoxy) is 2. The van der Waals surface area contributed by atoms with Crippen molar-refractivity contribution in [3.8, 4) is 16.9 Å². The molecule has 1 aromatic heterocycles. The van der Waals surface area contributed by atoms with E-state index in [1.807, 2.05) is 46.8 Å². The highest BCUT2D eigenvalue weighted by Gasteiger charge is 2.33. The van der Waals surface area contributed by atoms with Gasteiger partial charge in [0.2, 0.25) is 0 Å². The van der Waals surface area contributed by atoms with Gasteiger partial charge >= 0.3 is 5.97 Å². The van der Waals surface area contributed by atoms with Gasteiger partial charge in [0, 0.05) is 22.6 Å². The van der Waals surface area contributed by atoms with Crippen molar-refractivity contribution in [1.82, 2.24) is 4.98 Å². The van der Waals surface area contributed by atoms with Gasteiger partial charge in [-0.05, 0) is 95.0 Å². The number of nitrogens with one attached hydrogen (secondary N) is 1. The van der Waals surface area contributed by atoms with Crippen LogP contribution in [0.4, 0.5) is 5.82 Å². The van der Waals surface area contributed by atoms with Crippen molar-refractivity contribution >= 4 is 23.7 Å². The van der Waals surface area contributed by atoms with E-state index in [-0.39, 0.29) is 0 Å². The number of pyridine rings is 1. The van der Waals surface area contributed by atoms with Gasteiger partial charge in [-0.15, -0.1) is 0 Å². The summed E-state index contributed by atoms with van der Waals surface area (Å²) in [5.74, 6) is 2.39. The maximum absolute atomic E-state index is 12.6. The van der Waals surface area contributed by atoms with Crippen LogP contribution in [0.1, 0.15) is 87.8 Å². The number of aryl methyl sites for hydroxylation is 2. The predicted molar refractivity (Wildman–Crippen MR) is 147 cm³/mol. The van der Waals surface area contributed by atoms with Crippen LogP contribution in [0.2, 0.25) is 0 Å². The molecule has 0 spiro atoms. The molecule has 0 amide bonds. The Hall–Kier alpha value is -2.25. The Bertz CT molecular complexity index is 1090. The number of aliphatic carboxylic acids is 1. The molecule has 1 aliphatic carbocycles. The lowest BCUT2D eigenvalue weighted by atomic mass is 9.89. The third-order valence-electron chi connectivity index (χ3n) is 7.04. The first-order valence-corrected chi connectivity index (χ1v) is 14.2. The van der Waals surface area contributed by atoms with Crippen LogP contribution >= 0.6 is 11.9 Å². The van der Waals surface area contributed by atoms with Crippen LogP contribution in [-0.4, -0.2) is 34.0 Å². The minimum absolute atomic E-state index is 0.628. The first-order chi connectivity index (χ1) is 17.1. The van der Waals surface area contributed by atoms with E-state index in [0.717, 1.165) is 70.6 Å². The molecule has 0 bridgehead atoms. The molecule has 0 saturated heterocycles. The van der Waals surface area contributed by atoms with Crippen LogP contribution in [0, 0.1) is 19.8 Å². The molecule has 0 radical (unpaired) electrons. The van der Waals surface area contributed by atoms with Crippen LogP contribution in [0.3, 0.4) is 0 Å². The molecule has 4 rings (SSSR count). The van der Waals surface area contributed by atoms with Gasteiger partial charge in [0.15, 0.2) is 6.10 Å². The number of carbonyl (C=O) groups is 1. The topological polar surface area (TPSA) is 80.7 Å². The largest absolute Gasteiger partial charge is 0.493 e. The SMILES string of the molecule is Cc1nc(NSCC2CCCCC2)c(C)c(C(OC(C)(C)C)C(=O)O)c1-c1ccc2c(c1)CCCO2. The van der Waals surface area contributed by atoms with Crippen molar-refractivity contribution in [2.45, 2.75) is 91.3 Å². The maximum Gasteiger partial charge on any atom is 0.337 e. The molecule has 1 aliphatic heterocycles. The monoisotopic (exact) mass is 512 g/mol.